The second-order valence-corrected chi connectivity index (χ2v) is 7.63. The third-order valence-electron chi connectivity index (χ3n) is 4.17. The van der Waals surface area contributed by atoms with Crippen molar-refractivity contribution >= 4 is 52.4 Å². The minimum atomic E-state index is -0.191. The number of carbonyl (C=O) groups excluding carboxylic acids is 2. The van der Waals surface area contributed by atoms with E-state index in [-0.39, 0.29) is 24.5 Å². The molecule has 3 rings (SSSR count). The van der Waals surface area contributed by atoms with Crippen LogP contribution in [0, 0.1) is 0 Å². The van der Waals surface area contributed by atoms with Crippen LogP contribution in [0.4, 0.5) is 10.5 Å². The van der Waals surface area contributed by atoms with Gasteiger partial charge in [-0.2, -0.15) is 0 Å². The van der Waals surface area contributed by atoms with E-state index in [1.54, 1.807) is 0 Å². The number of benzene rings is 1. The summed E-state index contributed by atoms with van der Waals surface area (Å²) in [6.45, 7) is 1.61. The predicted molar refractivity (Wildman–Crippen MR) is 99.6 cm³/mol. The fraction of sp³-hybridized carbons (Fsp3) is 0.500. The first-order valence-corrected chi connectivity index (χ1v) is 9.28. The molecule has 0 bridgehead atoms. The fourth-order valence-electron chi connectivity index (χ4n) is 2.75. The smallest absolute Gasteiger partial charge is 0.315 e. The van der Waals surface area contributed by atoms with Gasteiger partial charge >= 0.3 is 6.03 Å². The number of anilines is 1. The monoisotopic (exact) mass is 404 g/mol. The first-order chi connectivity index (χ1) is 11.9. The van der Waals surface area contributed by atoms with E-state index >= 15 is 0 Å². The molecule has 0 aromatic heterocycles. The molecule has 0 spiro atoms. The third kappa shape index (κ3) is 5.38. The number of amides is 3. The first kappa shape index (κ1) is 18.6. The van der Waals surface area contributed by atoms with Crippen LogP contribution in [0.2, 0.25) is 15.1 Å². The summed E-state index contributed by atoms with van der Waals surface area (Å²) in [6, 6.07) is 3.29. The number of nitrogens with one attached hydrogen (secondary N) is 3. The molecular formula is C16H19Cl3N4O2. The molecule has 0 radical (unpaired) electrons. The van der Waals surface area contributed by atoms with Gasteiger partial charge in [0.2, 0.25) is 5.91 Å². The molecule has 3 amide bonds. The average Bonchev–Trinajstić information content (AvgIpc) is 3.23. The number of hydrogen-bond acceptors (Lipinski definition) is 3. The summed E-state index contributed by atoms with van der Waals surface area (Å²) in [4.78, 5) is 26.0. The fourth-order valence-corrected chi connectivity index (χ4v) is 3.34. The Hall–Kier alpha value is -1.21. The zero-order chi connectivity index (χ0) is 18.0. The van der Waals surface area contributed by atoms with Gasteiger partial charge in [0.05, 0.1) is 27.3 Å². The van der Waals surface area contributed by atoms with Gasteiger partial charge in [-0.1, -0.05) is 34.8 Å². The van der Waals surface area contributed by atoms with E-state index in [4.69, 9.17) is 34.8 Å². The summed E-state index contributed by atoms with van der Waals surface area (Å²) in [6.07, 6.45) is 2.93. The molecule has 2 fully saturated rings. The molecule has 1 aromatic carbocycles. The maximum absolute atomic E-state index is 12.2. The maximum atomic E-state index is 12.2. The molecule has 1 heterocycles. The minimum Gasteiger partial charge on any atom is -0.335 e. The van der Waals surface area contributed by atoms with Gasteiger partial charge in [0.1, 0.15) is 0 Å². The van der Waals surface area contributed by atoms with Gasteiger partial charge in [-0.15, -0.1) is 0 Å². The van der Waals surface area contributed by atoms with Crippen LogP contribution in [-0.4, -0.2) is 48.6 Å². The highest BCUT2D eigenvalue weighted by Crippen LogP contribution is 2.32. The normalized spacial score (nSPS) is 20.4. The lowest BCUT2D eigenvalue weighted by Crippen LogP contribution is -2.44. The summed E-state index contributed by atoms with van der Waals surface area (Å²) >= 11 is 17.9. The molecule has 1 aliphatic heterocycles. The second kappa shape index (κ2) is 7.99. The summed E-state index contributed by atoms with van der Waals surface area (Å²) in [5.74, 6) is -0.191. The van der Waals surface area contributed by atoms with Gasteiger partial charge < -0.3 is 16.0 Å². The Bertz CT molecular complexity index is 682. The first-order valence-electron chi connectivity index (χ1n) is 8.14. The Balaban J connectivity index is 1.45. The van der Waals surface area contributed by atoms with Gasteiger partial charge in [0.25, 0.3) is 0 Å². The Morgan fingerprint density at radius 2 is 1.68 bits per heavy atom. The molecule has 0 unspecified atom stereocenters. The van der Waals surface area contributed by atoms with Crippen LogP contribution >= 0.6 is 34.8 Å². The van der Waals surface area contributed by atoms with E-state index in [0.717, 1.165) is 25.8 Å². The molecule has 1 saturated heterocycles. The summed E-state index contributed by atoms with van der Waals surface area (Å²) in [7, 11) is 0. The van der Waals surface area contributed by atoms with Crippen molar-refractivity contribution in [3.05, 3.63) is 27.2 Å². The van der Waals surface area contributed by atoms with E-state index in [9.17, 15) is 9.59 Å². The topological polar surface area (TPSA) is 73.5 Å². The van der Waals surface area contributed by atoms with Crippen molar-refractivity contribution in [2.45, 2.75) is 31.3 Å². The molecule has 3 N–H and O–H groups in total. The molecule has 1 aromatic rings. The van der Waals surface area contributed by atoms with Crippen molar-refractivity contribution in [2.24, 2.45) is 0 Å². The largest absolute Gasteiger partial charge is 0.335 e. The quantitative estimate of drug-likeness (QED) is 0.659. The van der Waals surface area contributed by atoms with Crippen molar-refractivity contribution in [3.63, 3.8) is 0 Å². The lowest BCUT2D eigenvalue weighted by molar-refractivity contribution is -0.117. The highest BCUT2D eigenvalue weighted by molar-refractivity contribution is 6.44. The van der Waals surface area contributed by atoms with Gasteiger partial charge in [0, 0.05) is 25.2 Å². The Labute approximate surface area is 161 Å². The van der Waals surface area contributed by atoms with Crippen LogP contribution in [0.25, 0.3) is 0 Å². The van der Waals surface area contributed by atoms with Crippen LogP contribution < -0.4 is 16.0 Å². The number of nitrogens with zero attached hydrogens (tertiary/aromatic N) is 1. The predicted octanol–water partition coefficient (Wildman–Crippen LogP) is 3.12. The number of carbonyl (C=O) groups is 2. The summed E-state index contributed by atoms with van der Waals surface area (Å²) in [5.41, 5.74) is 0.429. The number of hydrogen-bond donors (Lipinski definition) is 3. The molecule has 6 nitrogen and oxygen atoms in total. The van der Waals surface area contributed by atoms with Gasteiger partial charge in [0.15, 0.2) is 0 Å². The lowest BCUT2D eigenvalue weighted by Gasteiger charge is -2.17. The average molecular weight is 406 g/mol. The van der Waals surface area contributed by atoms with Crippen LogP contribution in [0.15, 0.2) is 12.1 Å². The van der Waals surface area contributed by atoms with Gasteiger partial charge in [-0.05, 0) is 31.4 Å². The van der Waals surface area contributed by atoms with E-state index in [1.807, 2.05) is 4.90 Å². The number of urea groups is 1. The Morgan fingerprint density at radius 1 is 1.00 bits per heavy atom. The molecule has 1 saturated carbocycles. The van der Waals surface area contributed by atoms with Crippen LogP contribution in [0.3, 0.4) is 0 Å². The lowest BCUT2D eigenvalue weighted by atomic mass is 10.3. The molecule has 25 heavy (non-hydrogen) atoms. The maximum Gasteiger partial charge on any atom is 0.315 e. The minimum absolute atomic E-state index is 0.0557. The van der Waals surface area contributed by atoms with Crippen molar-refractivity contribution in [1.29, 1.82) is 0 Å². The molecule has 9 heteroatoms. The van der Waals surface area contributed by atoms with Crippen LogP contribution in [0.1, 0.15) is 19.3 Å². The SMILES string of the molecule is O=C(CN1CC[C@@H](NC(=O)NC2CC2)C1)Nc1cc(Cl)c(Cl)cc1Cl. The zero-order valence-corrected chi connectivity index (χ0v) is 15.7. The second-order valence-electron chi connectivity index (χ2n) is 6.41. The van der Waals surface area contributed by atoms with E-state index in [2.05, 4.69) is 16.0 Å². The molecular weight excluding hydrogens is 387 g/mol. The number of rotatable bonds is 5. The molecule has 1 aliphatic carbocycles. The van der Waals surface area contributed by atoms with Crippen LogP contribution in [-0.2, 0) is 4.79 Å². The molecule has 136 valence electrons. The highest BCUT2D eigenvalue weighted by atomic mass is 35.5. The van der Waals surface area contributed by atoms with E-state index in [0.29, 0.717) is 33.3 Å². The third-order valence-corrected chi connectivity index (χ3v) is 5.21. The van der Waals surface area contributed by atoms with Crippen molar-refractivity contribution in [1.82, 2.24) is 15.5 Å². The Kier molecular flexibility index (Phi) is 5.94. The highest BCUT2D eigenvalue weighted by Gasteiger charge is 2.28. The van der Waals surface area contributed by atoms with Crippen molar-refractivity contribution in [2.75, 3.05) is 25.0 Å². The number of likely N-dealkylation sites (tertiary alicyclic amines) is 1. The Morgan fingerprint density at radius 3 is 2.40 bits per heavy atom. The van der Waals surface area contributed by atoms with Crippen molar-refractivity contribution in [3.8, 4) is 0 Å². The van der Waals surface area contributed by atoms with E-state index in [1.165, 1.54) is 12.1 Å². The van der Waals surface area contributed by atoms with Gasteiger partial charge in [-0.25, -0.2) is 4.79 Å². The zero-order valence-electron chi connectivity index (χ0n) is 13.4. The van der Waals surface area contributed by atoms with Gasteiger partial charge in [-0.3, -0.25) is 9.69 Å². The summed E-state index contributed by atoms with van der Waals surface area (Å²) in [5, 5.41) is 9.59. The van der Waals surface area contributed by atoms with E-state index < -0.39 is 0 Å². The standard InChI is InChI=1S/C16H19Cl3N4O2/c17-11-5-13(19)14(6-12(11)18)22-15(24)8-23-4-3-10(7-23)21-16(25)20-9-1-2-9/h5-6,9-10H,1-4,7-8H2,(H,22,24)(H2,20,21,25)/t10-/m1/s1. The summed E-state index contributed by atoms with van der Waals surface area (Å²) < 4.78 is 0. The van der Waals surface area contributed by atoms with Crippen LogP contribution in [0.5, 0.6) is 0 Å². The number of halogens is 3. The van der Waals surface area contributed by atoms with Crippen molar-refractivity contribution < 1.29 is 9.59 Å². The molecule has 2 aliphatic rings. The molecule has 1 atom stereocenters.